The first-order valence-electron chi connectivity index (χ1n) is 6.53. The van der Waals surface area contributed by atoms with Gasteiger partial charge in [0.15, 0.2) is 5.96 Å². The van der Waals surface area contributed by atoms with Crippen molar-refractivity contribution in [3.8, 4) is 0 Å². The highest BCUT2D eigenvalue weighted by atomic mass is 32.2. The van der Waals surface area contributed by atoms with Crippen molar-refractivity contribution in [2.24, 2.45) is 4.99 Å². The SMILES string of the molecule is CN=C(NCCSc1ccccc1)NCc1cccs1. The van der Waals surface area contributed by atoms with Gasteiger partial charge in [0.1, 0.15) is 0 Å². The average molecular weight is 305 g/mol. The van der Waals surface area contributed by atoms with E-state index in [0.717, 1.165) is 24.8 Å². The van der Waals surface area contributed by atoms with Gasteiger partial charge in [-0.1, -0.05) is 24.3 Å². The largest absolute Gasteiger partial charge is 0.356 e. The zero-order valence-corrected chi connectivity index (χ0v) is 13.1. The van der Waals surface area contributed by atoms with Gasteiger partial charge in [-0.15, -0.1) is 23.1 Å². The minimum atomic E-state index is 0.823. The summed E-state index contributed by atoms with van der Waals surface area (Å²) in [6, 6.07) is 14.6. The van der Waals surface area contributed by atoms with Crippen LogP contribution in [0.4, 0.5) is 0 Å². The number of aliphatic imine (C=N–C) groups is 1. The maximum absolute atomic E-state index is 4.22. The van der Waals surface area contributed by atoms with E-state index in [2.05, 4.69) is 57.4 Å². The number of thioether (sulfide) groups is 1. The lowest BCUT2D eigenvalue weighted by atomic mass is 10.4. The molecule has 2 N–H and O–H groups in total. The van der Waals surface area contributed by atoms with E-state index in [1.165, 1.54) is 9.77 Å². The smallest absolute Gasteiger partial charge is 0.191 e. The van der Waals surface area contributed by atoms with Crippen molar-refractivity contribution < 1.29 is 0 Å². The molecule has 0 aliphatic heterocycles. The molecular weight excluding hydrogens is 286 g/mol. The minimum Gasteiger partial charge on any atom is -0.356 e. The molecule has 0 aliphatic rings. The topological polar surface area (TPSA) is 36.4 Å². The Morgan fingerprint density at radius 1 is 1.15 bits per heavy atom. The monoisotopic (exact) mass is 305 g/mol. The highest BCUT2D eigenvalue weighted by Crippen LogP contribution is 2.15. The molecule has 5 heteroatoms. The minimum absolute atomic E-state index is 0.823. The second kappa shape index (κ2) is 8.66. The molecule has 20 heavy (non-hydrogen) atoms. The highest BCUT2D eigenvalue weighted by molar-refractivity contribution is 7.99. The summed E-state index contributed by atoms with van der Waals surface area (Å²) >= 11 is 3.60. The Hall–Kier alpha value is -1.46. The van der Waals surface area contributed by atoms with Gasteiger partial charge in [0.25, 0.3) is 0 Å². The molecule has 0 unspecified atom stereocenters. The quantitative estimate of drug-likeness (QED) is 0.372. The Morgan fingerprint density at radius 3 is 2.70 bits per heavy atom. The number of nitrogens with zero attached hydrogens (tertiary/aromatic N) is 1. The standard InChI is InChI=1S/C15H19N3S2/c1-16-15(18-12-14-8-5-10-19-14)17-9-11-20-13-6-3-2-4-7-13/h2-8,10H,9,11-12H2,1H3,(H2,16,17,18). The van der Waals surface area contributed by atoms with E-state index in [0.29, 0.717) is 0 Å². The lowest BCUT2D eigenvalue weighted by Crippen LogP contribution is -2.37. The third-order valence-electron chi connectivity index (χ3n) is 2.64. The molecule has 0 saturated heterocycles. The van der Waals surface area contributed by atoms with Crippen molar-refractivity contribution in [1.82, 2.24) is 10.6 Å². The summed E-state index contributed by atoms with van der Waals surface area (Å²) in [7, 11) is 1.80. The molecular formula is C15H19N3S2. The van der Waals surface area contributed by atoms with Crippen molar-refractivity contribution in [3.05, 3.63) is 52.7 Å². The molecule has 0 spiro atoms. The number of rotatable bonds is 6. The molecule has 0 amide bonds. The van der Waals surface area contributed by atoms with Gasteiger partial charge < -0.3 is 10.6 Å². The number of benzene rings is 1. The van der Waals surface area contributed by atoms with Gasteiger partial charge >= 0.3 is 0 Å². The molecule has 0 bridgehead atoms. The van der Waals surface area contributed by atoms with Crippen LogP contribution in [0.25, 0.3) is 0 Å². The zero-order chi connectivity index (χ0) is 14.0. The number of thiophene rings is 1. The van der Waals surface area contributed by atoms with Crippen molar-refractivity contribution in [2.75, 3.05) is 19.3 Å². The fourth-order valence-corrected chi connectivity index (χ4v) is 3.09. The summed E-state index contributed by atoms with van der Waals surface area (Å²) in [4.78, 5) is 6.84. The van der Waals surface area contributed by atoms with Gasteiger partial charge in [-0.2, -0.15) is 0 Å². The van der Waals surface area contributed by atoms with Crippen LogP contribution >= 0.6 is 23.1 Å². The summed E-state index contributed by atoms with van der Waals surface area (Å²) in [5, 5.41) is 8.72. The van der Waals surface area contributed by atoms with E-state index in [-0.39, 0.29) is 0 Å². The van der Waals surface area contributed by atoms with Crippen LogP contribution < -0.4 is 10.6 Å². The molecule has 0 atom stereocenters. The average Bonchev–Trinajstić information content (AvgIpc) is 3.01. The predicted octanol–water partition coefficient (Wildman–Crippen LogP) is 3.21. The fraction of sp³-hybridized carbons (Fsp3) is 0.267. The maximum atomic E-state index is 4.22. The van der Waals surface area contributed by atoms with E-state index < -0.39 is 0 Å². The summed E-state index contributed by atoms with van der Waals surface area (Å²) in [6.07, 6.45) is 0. The number of hydrogen-bond donors (Lipinski definition) is 2. The molecule has 1 aromatic carbocycles. The van der Waals surface area contributed by atoms with Crippen molar-refractivity contribution in [3.63, 3.8) is 0 Å². The van der Waals surface area contributed by atoms with Crippen LogP contribution in [0, 0.1) is 0 Å². The summed E-state index contributed by atoms with van der Waals surface area (Å²) in [5.41, 5.74) is 0. The molecule has 2 rings (SSSR count). The van der Waals surface area contributed by atoms with Crippen LogP contribution in [-0.4, -0.2) is 25.3 Å². The van der Waals surface area contributed by atoms with Crippen LogP contribution in [0.5, 0.6) is 0 Å². The van der Waals surface area contributed by atoms with E-state index in [4.69, 9.17) is 0 Å². The first-order valence-corrected chi connectivity index (χ1v) is 8.40. The Bertz CT molecular complexity index is 509. The van der Waals surface area contributed by atoms with Crippen LogP contribution in [-0.2, 0) is 6.54 Å². The first-order chi connectivity index (χ1) is 9.88. The third kappa shape index (κ3) is 5.27. The van der Waals surface area contributed by atoms with Gasteiger partial charge in [-0.25, -0.2) is 0 Å². The van der Waals surface area contributed by atoms with E-state index >= 15 is 0 Å². The lowest BCUT2D eigenvalue weighted by Gasteiger charge is -2.10. The van der Waals surface area contributed by atoms with Gasteiger partial charge in [0, 0.05) is 29.1 Å². The van der Waals surface area contributed by atoms with Gasteiger partial charge in [-0.05, 0) is 23.6 Å². The summed E-state index contributed by atoms with van der Waals surface area (Å²) in [5.74, 6) is 1.87. The van der Waals surface area contributed by atoms with Gasteiger partial charge in [0.05, 0.1) is 6.54 Å². The Morgan fingerprint density at radius 2 is 2.00 bits per heavy atom. The fourth-order valence-electron chi connectivity index (χ4n) is 1.66. The predicted molar refractivity (Wildman–Crippen MR) is 89.7 cm³/mol. The number of guanidine groups is 1. The van der Waals surface area contributed by atoms with Gasteiger partial charge in [-0.3, -0.25) is 4.99 Å². The third-order valence-corrected chi connectivity index (χ3v) is 4.53. The number of nitrogens with one attached hydrogen (secondary N) is 2. The van der Waals surface area contributed by atoms with Crippen molar-refractivity contribution >= 4 is 29.1 Å². The van der Waals surface area contributed by atoms with E-state index in [9.17, 15) is 0 Å². The van der Waals surface area contributed by atoms with Crippen LogP contribution in [0.2, 0.25) is 0 Å². The van der Waals surface area contributed by atoms with Crippen molar-refractivity contribution in [1.29, 1.82) is 0 Å². The van der Waals surface area contributed by atoms with Crippen molar-refractivity contribution in [2.45, 2.75) is 11.4 Å². The number of hydrogen-bond acceptors (Lipinski definition) is 3. The van der Waals surface area contributed by atoms with E-state index in [1.807, 2.05) is 17.8 Å². The molecule has 0 fully saturated rings. The molecule has 106 valence electrons. The Balaban J connectivity index is 1.64. The molecule has 0 saturated carbocycles. The second-order valence-corrected chi connectivity index (χ2v) is 6.29. The summed E-state index contributed by atoms with van der Waals surface area (Å²) in [6.45, 7) is 1.72. The molecule has 1 aromatic heterocycles. The molecule has 2 aromatic rings. The van der Waals surface area contributed by atoms with Crippen LogP contribution in [0.15, 0.2) is 57.7 Å². The summed E-state index contributed by atoms with van der Waals surface area (Å²) < 4.78 is 0. The van der Waals surface area contributed by atoms with Crippen LogP contribution in [0.1, 0.15) is 4.88 Å². The Labute approximate surface area is 128 Å². The lowest BCUT2D eigenvalue weighted by molar-refractivity contribution is 0.841. The maximum Gasteiger partial charge on any atom is 0.191 e. The van der Waals surface area contributed by atoms with E-state index in [1.54, 1.807) is 18.4 Å². The molecule has 3 nitrogen and oxygen atoms in total. The second-order valence-electron chi connectivity index (χ2n) is 4.09. The molecule has 0 aliphatic carbocycles. The first kappa shape index (κ1) is 14.9. The Kier molecular flexibility index (Phi) is 6.47. The van der Waals surface area contributed by atoms with Crippen LogP contribution in [0.3, 0.4) is 0 Å². The zero-order valence-electron chi connectivity index (χ0n) is 11.5. The molecule has 0 radical (unpaired) electrons. The highest BCUT2D eigenvalue weighted by Gasteiger charge is 1.99. The molecule has 1 heterocycles. The van der Waals surface area contributed by atoms with Gasteiger partial charge in [0.2, 0.25) is 0 Å². The normalized spacial score (nSPS) is 11.3.